The van der Waals surface area contributed by atoms with E-state index < -0.39 is 31.1 Å². The van der Waals surface area contributed by atoms with Crippen LogP contribution in [0.1, 0.15) is 13.3 Å². The lowest BCUT2D eigenvalue weighted by molar-refractivity contribution is -0.692. The highest BCUT2D eigenvalue weighted by molar-refractivity contribution is 8.13. The third kappa shape index (κ3) is 7.01. The minimum Gasteiger partial charge on any atom is -0.421 e. The van der Waals surface area contributed by atoms with Gasteiger partial charge in [-0.25, -0.2) is 16.8 Å². The lowest BCUT2D eigenvalue weighted by Crippen LogP contribution is -2.30. The molecule has 15 heteroatoms. The van der Waals surface area contributed by atoms with Gasteiger partial charge in [-0.1, -0.05) is 18.3 Å². The van der Waals surface area contributed by atoms with Gasteiger partial charge in [-0.05, 0) is 0 Å². The molecule has 0 aromatic carbocycles. The van der Waals surface area contributed by atoms with Crippen LogP contribution in [0.5, 0.6) is 0 Å². The Morgan fingerprint density at radius 1 is 1.00 bits per heavy atom. The first kappa shape index (κ1) is 22.1. The second-order valence-corrected chi connectivity index (χ2v) is 7.86. The van der Waals surface area contributed by atoms with Crippen LogP contribution in [0.4, 0.5) is 26.3 Å². The summed E-state index contributed by atoms with van der Waals surface area (Å²) in [6.45, 7) is 3.34. The molecule has 0 aliphatic rings. The molecule has 0 spiro atoms. The molecule has 0 amide bonds. The predicted molar refractivity (Wildman–Crippen MR) is 68.1 cm³/mol. The molecule has 1 aromatic rings. The molecular formula is C8H10F6N2O4S3. The molecule has 1 heterocycles. The average molecular weight is 408 g/mol. The van der Waals surface area contributed by atoms with Crippen molar-refractivity contribution >= 4 is 31.4 Å². The Hall–Kier alpha value is -0.930. The molecule has 23 heavy (non-hydrogen) atoms. The van der Waals surface area contributed by atoms with Crippen molar-refractivity contribution in [3.05, 3.63) is 21.2 Å². The number of aryl methyl sites for hydroxylation is 1. The smallest absolute Gasteiger partial charge is 0.421 e. The Balaban J connectivity index is 0.000000502. The molecule has 0 aliphatic heterocycles. The van der Waals surface area contributed by atoms with Crippen molar-refractivity contribution in [1.29, 1.82) is 0 Å². The monoisotopic (exact) mass is 408 g/mol. The lowest BCUT2D eigenvalue weighted by atomic mass is 10.5. The van der Waals surface area contributed by atoms with E-state index in [9.17, 15) is 43.2 Å². The predicted octanol–water partition coefficient (Wildman–Crippen LogP) is 2.50. The lowest BCUT2D eigenvalue weighted by Gasteiger charge is -2.22. The molecule has 1 rings (SSSR count). The molecule has 136 valence electrons. The van der Waals surface area contributed by atoms with Crippen molar-refractivity contribution in [1.82, 2.24) is 0 Å². The fourth-order valence-corrected chi connectivity index (χ4v) is 3.20. The summed E-state index contributed by atoms with van der Waals surface area (Å²) in [7, 11) is -13.4. The number of rotatable bonds is 4. The Labute approximate surface area is 131 Å². The highest BCUT2D eigenvalue weighted by Gasteiger charge is 2.46. The number of alkyl halides is 6. The summed E-state index contributed by atoms with van der Waals surface area (Å²) in [5.74, 6) is 0. The maximum absolute atomic E-state index is 11.4. The Morgan fingerprint density at radius 3 is 1.70 bits per heavy atom. The fraction of sp³-hybridized carbons (Fsp3) is 0.625. The first-order valence-electron chi connectivity index (χ1n) is 5.42. The van der Waals surface area contributed by atoms with E-state index in [1.165, 1.54) is 6.42 Å². The molecule has 0 atom stereocenters. The zero-order valence-electron chi connectivity index (χ0n) is 11.2. The summed E-state index contributed by atoms with van der Waals surface area (Å²) in [6, 6.07) is 0. The Kier molecular flexibility index (Phi) is 7.45. The van der Waals surface area contributed by atoms with Gasteiger partial charge in [0, 0.05) is 6.42 Å². The maximum atomic E-state index is 11.4. The summed E-state index contributed by atoms with van der Waals surface area (Å²) in [5.41, 5.74) is -10.3. The van der Waals surface area contributed by atoms with Crippen LogP contribution in [0, 0.1) is 0 Å². The number of nitrogens with zero attached hydrogens (tertiary/aromatic N) is 2. The van der Waals surface area contributed by atoms with Crippen LogP contribution >= 0.6 is 11.3 Å². The van der Waals surface area contributed by atoms with Crippen LogP contribution in [0.15, 0.2) is 17.1 Å². The SMILES string of the molecule is CCC[n+]1ccsc1.O=S(=O)([N-]S(=O)(=O)C(F)(F)F)C(F)(F)F. The van der Waals surface area contributed by atoms with Crippen LogP contribution in [-0.2, 0) is 26.6 Å². The third-order valence-electron chi connectivity index (χ3n) is 1.79. The highest BCUT2D eigenvalue weighted by Crippen LogP contribution is 2.36. The number of aromatic nitrogens is 1. The molecule has 0 radical (unpaired) electrons. The second kappa shape index (κ2) is 7.76. The quantitative estimate of drug-likeness (QED) is 0.566. The van der Waals surface area contributed by atoms with Gasteiger partial charge in [0.15, 0.2) is 26.2 Å². The van der Waals surface area contributed by atoms with Gasteiger partial charge < -0.3 is 4.13 Å². The van der Waals surface area contributed by atoms with Gasteiger partial charge in [-0.2, -0.15) is 30.9 Å². The molecule has 0 aliphatic carbocycles. The van der Waals surface area contributed by atoms with Gasteiger partial charge in [0.2, 0.25) is 5.51 Å². The van der Waals surface area contributed by atoms with Crippen molar-refractivity contribution in [3.63, 3.8) is 0 Å². The van der Waals surface area contributed by atoms with Crippen molar-refractivity contribution in [2.45, 2.75) is 30.9 Å². The zero-order chi connectivity index (χ0) is 18.5. The summed E-state index contributed by atoms with van der Waals surface area (Å²) in [6.07, 6.45) is 3.33. The van der Waals surface area contributed by atoms with Crippen LogP contribution < -0.4 is 4.57 Å². The number of halogens is 6. The molecule has 6 nitrogen and oxygen atoms in total. The first-order valence-corrected chi connectivity index (χ1v) is 9.24. The fourth-order valence-electron chi connectivity index (χ4n) is 0.861. The van der Waals surface area contributed by atoms with E-state index in [4.69, 9.17) is 0 Å². The summed E-state index contributed by atoms with van der Waals surface area (Å²) in [5, 5.41) is 2.09. The van der Waals surface area contributed by atoms with E-state index in [-0.39, 0.29) is 0 Å². The molecular weight excluding hydrogens is 398 g/mol. The van der Waals surface area contributed by atoms with Crippen LogP contribution in [0.3, 0.4) is 0 Å². The molecule has 0 N–H and O–H groups in total. The number of thiazole rings is 1. The number of sulfonamides is 2. The minimum absolute atomic E-state index is 0.778. The molecule has 0 unspecified atom stereocenters. The number of hydrogen-bond acceptors (Lipinski definition) is 5. The van der Waals surface area contributed by atoms with E-state index in [1.807, 2.05) is 0 Å². The third-order valence-corrected chi connectivity index (χ3v) is 5.20. The van der Waals surface area contributed by atoms with Gasteiger partial charge in [0.25, 0.3) is 0 Å². The van der Waals surface area contributed by atoms with Gasteiger partial charge in [-0.15, -0.1) is 0 Å². The van der Waals surface area contributed by atoms with E-state index >= 15 is 0 Å². The minimum atomic E-state index is -6.72. The standard InChI is InChI=1S/C6H10NS.C2F6NO4S2/c1-2-3-7-4-5-8-6-7;3-1(4,5)14(10,11)9-15(12,13)2(6,7)8/h4-6H,2-3H2,1H3;/q+1;-1. The molecule has 1 aromatic heterocycles. The van der Waals surface area contributed by atoms with Gasteiger partial charge in [0.1, 0.15) is 6.54 Å². The molecule has 0 saturated carbocycles. The second-order valence-electron chi connectivity index (χ2n) is 3.68. The van der Waals surface area contributed by atoms with Gasteiger partial charge >= 0.3 is 11.0 Å². The highest BCUT2D eigenvalue weighted by atomic mass is 32.3. The number of hydrogen-bond donors (Lipinski definition) is 0. The largest absolute Gasteiger partial charge is 0.480 e. The summed E-state index contributed by atoms with van der Waals surface area (Å²) < 4.78 is 111. The maximum Gasteiger partial charge on any atom is 0.480 e. The molecule has 0 fully saturated rings. The summed E-state index contributed by atoms with van der Waals surface area (Å²) in [4.78, 5) is 0. The Morgan fingerprint density at radius 2 is 1.43 bits per heavy atom. The van der Waals surface area contributed by atoms with Crippen molar-refractivity contribution in [2.75, 3.05) is 0 Å². The van der Waals surface area contributed by atoms with E-state index in [2.05, 4.69) is 28.6 Å². The zero-order valence-corrected chi connectivity index (χ0v) is 13.6. The van der Waals surface area contributed by atoms with Gasteiger partial charge in [0.05, 0.1) is 5.38 Å². The van der Waals surface area contributed by atoms with Crippen molar-refractivity contribution in [2.24, 2.45) is 0 Å². The van der Waals surface area contributed by atoms with Crippen LogP contribution in [0.2, 0.25) is 0 Å². The van der Waals surface area contributed by atoms with E-state index in [0.29, 0.717) is 0 Å². The average Bonchev–Trinajstić information content (AvgIpc) is 2.78. The van der Waals surface area contributed by atoms with Gasteiger partial charge in [-0.3, -0.25) is 0 Å². The van der Waals surface area contributed by atoms with E-state index in [0.717, 1.165) is 10.7 Å². The van der Waals surface area contributed by atoms with Crippen molar-refractivity contribution in [3.8, 4) is 0 Å². The summed E-state index contributed by atoms with van der Waals surface area (Å²) >= 11 is 1.74. The van der Waals surface area contributed by atoms with Crippen molar-refractivity contribution < 1.29 is 47.7 Å². The normalized spacial score (nSPS) is 13.3. The topological polar surface area (TPSA) is 86.3 Å². The Bertz CT molecular complexity index is 636. The first-order chi connectivity index (χ1) is 10.1. The molecule has 0 saturated heterocycles. The molecule has 0 bridgehead atoms. The van der Waals surface area contributed by atoms with Crippen LogP contribution in [-0.4, -0.2) is 27.9 Å². The van der Waals surface area contributed by atoms with E-state index in [1.54, 1.807) is 11.3 Å². The van der Waals surface area contributed by atoms with Crippen LogP contribution in [0.25, 0.3) is 4.13 Å².